The zero-order valence-corrected chi connectivity index (χ0v) is 21.6. The van der Waals surface area contributed by atoms with Crippen molar-refractivity contribution in [3.05, 3.63) is 89.5 Å². The summed E-state index contributed by atoms with van der Waals surface area (Å²) in [6, 6.07) is 24.9. The minimum Gasteiger partial charge on any atom is -0.352 e. The standard InChI is InChI=1S/C30H35N3OS/c1-3-11-26-25-14-8-9-15-28(25)35-29-17-16-24(21-27(29)32-26)30(34)31-18-10-20-33(19-4-2)22-23-12-6-5-7-13-23/h5-9,12-17,21H,3-4,10-11,18-20,22H2,1-2H3,(H,31,34). The second-order valence-electron chi connectivity index (χ2n) is 8.96. The molecule has 1 N–H and O–H groups in total. The first-order valence-electron chi connectivity index (χ1n) is 12.7. The lowest BCUT2D eigenvalue weighted by Gasteiger charge is -2.21. The molecular weight excluding hydrogens is 450 g/mol. The van der Waals surface area contributed by atoms with Gasteiger partial charge in [-0.3, -0.25) is 14.7 Å². The van der Waals surface area contributed by atoms with E-state index in [1.165, 1.54) is 16.0 Å². The number of nitrogens with one attached hydrogen (secondary N) is 1. The third kappa shape index (κ3) is 6.83. The number of fused-ring (bicyclic) bond motifs is 2. The van der Waals surface area contributed by atoms with Gasteiger partial charge in [-0.25, -0.2) is 0 Å². The van der Waals surface area contributed by atoms with Crippen LogP contribution in [-0.4, -0.2) is 36.2 Å². The molecule has 0 saturated carbocycles. The summed E-state index contributed by atoms with van der Waals surface area (Å²) in [7, 11) is 0. The smallest absolute Gasteiger partial charge is 0.251 e. The summed E-state index contributed by atoms with van der Waals surface area (Å²) in [4.78, 5) is 22.7. The zero-order valence-electron chi connectivity index (χ0n) is 20.8. The van der Waals surface area contributed by atoms with Crippen LogP contribution in [0.15, 0.2) is 87.6 Å². The topological polar surface area (TPSA) is 44.7 Å². The normalized spacial score (nSPS) is 12.5. The summed E-state index contributed by atoms with van der Waals surface area (Å²) >= 11 is 1.73. The quantitative estimate of drug-likeness (QED) is 0.295. The Bertz CT molecular complexity index is 1160. The van der Waals surface area contributed by atoms with Gasteiger partial charge in [0.1, 0.15) is 0 Å². The molecule has 4 nitrogen and oxygen atoms in total. The fraction of sp³-hybridized carbons (Fsp3) is 0.333. The van der Waals surface area contributed by atoms with Crippen LogP contribution in [0.5, 0.6) is 0 Å². The predicted octanol–water partition coefficient (Wildman–Crippen LogP) is 7.10. The predicted molar refractivity (Wildman–Crippen MR) is 147 cm³/mol. The Labute approximate surface area is 213 Å². The van der Waals surface area contributed by atoms with Gasteiger partial charge in [-0.2, -0.15) is 0 Å². The second-order valence-corrected chi connectivity index (χ2v) is 10.0. The van der Waals surface area contributed by atoms with Crippen LogP contribution >= 0.6 is 11.8 Å². The first-order chi connectivity index (χ1) is 17.2. The molecule has 3 aromatic carbocycles. The molecule has 182 valence electrons. The van der Waals surface area contributed by atoms with Crippen molar-refractivity contribution in [3.63, 3.8) is 0 Å². The molecule has 0 radical (unpaired) electrons. The molecule has 0 aromatic heterocycles. The van der Waals surface area contributed by atoms with Gasteiger partial charge in [-0.1, -0.05) is 80.6 Å². The summed E-state index contributed by atoms with van der Waals surface area (Å²) in [6.07, 6.45) is 4.00. The van der Waals surface area contributed by atoms with Crippen molar-refractivity contribution in [1.29, 1.82) is 0 Å². The molecule has 0 saturated heterocycles. The van der Waals surface area contributed by atoms with Crippen LogP contribution in [0, 0.1) is 0 Å². The van der Waals surface area contributed by atoms with Crippen LogP contribution < -0.4 is 5.32 Å². The van der Waals surface area contributed by atoms with E-state index in [-0.39, 0.29) is 5.91 Å². The second kappa shape index (κ2) is 12.7. The Morgan fingerprint density at radius 1 is 0.914 bits per heavy atom. The molecule has 0 fully saturated rings. The van der Waals surface area contributed by atoms with Gasteiger partial charge in [0.25, 0.3) is 5.91 Å². The molecule has 35 heavy (non-hydrogen) atoms. The van der Waals surface area contributed by atoms with E-state index in [1.807, 2.05) is 18.2 Å². The van der Waals surface area contributed by atoms with E-state index >= 15 is 0 Å². The minimum atomic E-state index is -0.0306. The Balaban J connectivity index is 1.37. The molecule has 4 rings (SSSR count). The number of nitrogens with zero attached hydrogens (tertiary/aromatic N) is 2. The highest BCUT2D eigenvalue weighted by molar-refractivity contribution is 7.99. The molecule has 1 amide bonds. The summed E-state index contributed by atoms with van der Waals surface area (Å²) in [5.74, 6) is -0.0306. The fourth-order valence-electron chi connectivity index (χ4n) is 4.41. The highest BCUT2D eigenvalue weighted by atomic mass is 32.2. The van der Waals surface area contributed by atoms with Crippen molar-refractivity contribution >= 4 is 29.1 Å². The average Bonchev–Trinajstić information content (AvgIpc) is 3.03. The van der Waals surface area contributed by atoms with Crippen LogP contribution in [0.25, 0.3) is 0 Å². The molecule has 1 aliphatic rings. The summed E-state index contributed by atoms with van der Waals surface area (Å²) < 4.78 is 0. The van der Waals surface area contributed by atoms with Gasteiger partial charge in [0.15, 0.2) is 0 Å². The maximum atomic E-state index is 12.9. The molecule has 5 heteroatoms. The third-order valence-electron chi connectivity index (χ3n) is 6.11. The van der Waals surface area contributed by atoms with Gasteiger partial charge in [0, 0.05) is 46.3 Å². The highest BCUT2D eigenvalue weighted by Crippen LogP contribution is 2.41. The third-order valence-corrected chi connectivity index (χ3v) is 7.25. The van der Waals surface area contributed by atoms with Gasteiger partial charge in [-0.05, 0) is 55.6 Å². The number of aliphatic imine (C=N–C) groups is 1. The van der Waals surface area contributed by atoms with Crippen molar-refractivity contribution < 1.29 is 4.79 Å². The number of hydrogen-bond acceptors (Lipinski definition) is 4. The minimum absolute atomic E-state index is 0.0306. The molecular formula is C30H35N3OS. The lowest BCUT2D eigenvalue weighted by atomic mass is 10.1. The van der Waals surface area contributed by atoms with Crippen molar-refractivity contribution in [2.45, 2.75) is 55.9 Å². The molecule has 0 bridgehead atoms. The van der Waals surface area contributed by atoms with Gasteiger partial charge in [-0.15, -0.1) is 0 Å². The molecule has 0 atom stereocenters. The van der Waals surface area contributed by atoms with Crippen molar-refractivity contribution in [2.75, 3.05) is 19.6 Å². The molecule has 3 aromatic rings. The van der Waals surface area contributed by atoms with Crippen molar-refractivity contribution in [1.82, 2.24) is 10.2 Å². The monoisotopic (exact) mass is 485 g/mol. The van der Waals surface area contributed by atoms with E-state index in [4.69, 9.17) is 4.99 Å². The van der Waals surface area contributed by atoms with Gasteiger partial charge in [0.05, 0.1) is 5.69 Å². The van der Waals surface area contributed by atoms with E-state index in [2.05, 4.69) is 78.7 Å². The van der Waals surface area contributed by atoms with Crippen LogP contribution in [0.1, 0.15) is 61.0 Å². The van der Waals surface area contributed by atoms with Gasteiger partial charge in [0.2, 0.25) is 0 Å². The number of hydrogen-bond donors (Lipinski definition) is 1. The van der Waals surface area contributed by atoms with E-state index in [1.54, 1.807) is 11.8 Å². The number of rotatable bonds is 11. The molecule has 0 unspecified atom stereocenters. The van der Waals surface area contributed by atoms with Crippen molar-refractivity contribution in [2.24, 2.45) is 4.99 Å². The number of carbonyl (C=O) groups is 1. The fourth-order valence-corrected chi connectivity index (χ4v) is 5.44. The van der Waals surface area contributed by atoms with Crippen molar-refractivity contribution in [3.8, 4) is 0 Å². The number of benzene rings is 3. The van der Waals surface area contributed by atoms with E-state index < -0.39 is 0 Å². The molecule has 1 heterocycles. The highest BCUT2D eigenvalue weighted by Gasteiger charge is 2.18. The first-order valence-corrected chi connectivity index (χ1v) is 13.5. The van der Waals surface area contributed by atoms with Gasteiger partial charge >= 0.3 is 0 Å². The summed E-state index contributed by atoms with van der Waals surface area (Å²) in [5.41, 5.74) is 5.19. The SMILES string of the molecule is CCCC1=Nc2cc(C(=O)NCCCN(CCC)Cc3ccccc3)ccc2Sc2ccccc21. The molecule has 0 aliphatic carbocycles. The van der Waals surface area contributed by atoms with E-state index in [9.17, 15) is 4.79 Å². The summed E-state index contributed by atoms with van der Waals surface area (Å²) in [5, 5.41) is 3.12. The lowest BCUT2D eigenvalue weighted by molar-refractivity contribution is 0.0951. The maximum Gasteiger partial charge on any atom is 0.251 e. The van der Waals surface area contributed by atoms with E-state index in [0.29, 0.717) is 12.1 Å². The van der Waals surface area contributed by atoms with Crippen LogP contribution in [0.2, 0.25) is 0 Å². The van der Waals surface area contributed by atoms with E-state index in [0.717, 1.165) is 61.6 Å². The Morgan fingerprint density at radius 3 is 2.51 bits per heavy atom. The van der Waals surface area contributed by atoms with Crippen LogP contribution in [0.4, 0.5) is 5.69 Å². The molecule has 1 aliphatic heterocycles. The number of amides is 1. The molecule has 0 spiro atoms. The van der Waals surface area contributed by atoms with Crippen LogP contribution in [-0.2, 0) is 6.54 Å². The number of carbonyl (C=O) groups excluding carboxylic acids is 1. The lowest BCUT2D eigenvalue weighted by Crippen LogP contribution is -2.30. The Kier molecular flexibility index (Phi) is 9.15. The summed E-state index contributed by atoms with van der Waals surface area (Å²) in [6.45, 7) is 8.03. The van der Waals surface area contributed by atoms with Gasteiger partial charge < -0.3 is 5.32 Å². The first kappa shape index (κ1) is 25.2. The Hall–Kier alpha value is -2.89. The maximum absolute atomic E-state index is 12.9. The average molecular weight is 486 g/mol. The Morgan fingerprint density at radius 2 is 1.71 bits per heavy atom. The van der Waals surface area contributed by atoms with Crippen LogP contribution in [0.3, 0.4) is 0 Å². The largest absolute Gasteiger partial charge is 0.352 e. The zero-order chi connectivity index (χ0) is 24.5.